The van der Waals surface area contributed by atoms with Crippen LogP contribution in [0.15, 0.2) is 11.6 Å². The lowest BCUT2D eigenvalue weighted by Gasteiger charge is -2.09. The van der Waals surface area contributed by atoms with Gasteiger partial charge < -0.3 is 9.84 Å². The van der Waals surface area contributed by atoms with Gasteiger partial charge >= 0.3 is 11.9 Å². The molecule has 1 atom stereocenters. The van der Waals surface area contributed by atoms with Crippen molar-refractivity contribution in [3.8, 4) is 0 Å². The molecule has 0 rings (SSSR count). The molecule has 0 spiro atoms. The van der Waals surface area contributed by atoms with E-state index in [4.69, 9.17) is 9.84 Å². The van der Waals surface area contributed by atoms with Gasteiger partial charge in [0.2, 0.25) is 0 Å². The van der Waals surface area contributed by atoms with Crippen LogP contribution < -0.4 is 0 Å². The van der Waals surface area contributed by atoms with Gasteiger partial charge in [-0.05, 0) is 26.7 Å². The number of ketones is 1. The largest absolute Gasteiger partial charge is 0.481 e. The molecule has 0 aliphatic carbocycles. The number of carboxylic acids is 1. The Hall–Kier alpha value is -1.65. The average molecular weight is 256 g/mol. The Bertz CT molecular complexity index is 343. The molecule has 0 radical (unpaired) electrons. The molecule has 0 bridgehead atoms. The Labute approximate surface area is 107 Å². The summed E-state index contributed by atoms with van der Waals surface area (Å²) in [5, 5.41) is 8.50. The van der Waals surface area contributed by atoms with E-state index < -0.39 is 18.0 Å². The zero-order valence-corrected chi connectivity index (χ0v) is 11.1. The van der Waals surface area contributed by atoms with E-state index in [-0.39, 0.29) is 12.2 Å². The second-order valence-electron chi connectivity index (χ2n) is 4.20. The summed E-state index contributed by atoms with van der Waals surface area (Å²) in [6.07, 6.45) is 2.55. The van der Waals surface area contributed by atoms with E-state index in [0.29, 0.717) is 19.3 Å². The van der Waals surface area contributed by atoms with Crippen LogP contribution in [0.2, 0.25) is 0 Å². The molecule has 0 saturated heterocycles. The molecule has 0 aromatic carbocycles. The van der Waals surface area contributed by atoms with E-state index >= 15 is 0 Å². The molecular formula is C13H20O5. The first-order valence-corrected chi connectivity index (χ1v) is 5.90. The minimum absolute atomic E-state index is 0.0974. The molecule has 0 aromatic rings. The van der Waals surface area contributed by atoms with E-state index in [0.717, 1.165) is 5.57 Å². The Balaban J connectivity index is 3.95. The molecule has 0 amide bonds. The first-order valence-electron chi connectivity index (χ1n) is 5.90. The molecule has 5 heteroatoms. The molecule has 0 fully saturated rings. The van der Waals surface area contributed by atoms with Gasteiger partial charge in [0.1, 0.15) is 0 Å². The molecule has 0 aliphatic heterocycles. The third-order valence-electron chi connectivity index (χ3n) is 2.41. The molecule has 18 heavy (non-hydrogen) atoms. The molecule has 102 valence electrons. The molecule has 0 aliphatic rings. The standard InChI is InChI=1S/C13H20O5/c1-9(7-8-13(16)17)5-4-6-12(15)10(2)18-11(3)14/h5,10H,4,6-8H2,1-3H3,(H,16,17)/b9-5+. The van der Waals surface area contributed by atoms with Crippen molar-refractivity contribution in [1.29, 1.82) is 0 Å². The summed E-state index contributed by atoms with van der Waals surface area (Å²) >= 11 is 0. The Morgan fingerprint density at radius 1 is 1.17 bits per heavy atom. The lowest BCUT2D eigenvalue weighted by Crippen LogP contribution is -2.22. The van der Waals surface area contributed by atoms with Crippen LogP contribution in [0.5, 0.6) is 0 Å². The Morgan fingerprint density at radius 3 is 2.28 bits per heavy atom. The maximum atomic E-state index is 11.5. The van der Waals surface area contributed by atoms with Crippen LogP contribution in [0, 0.1) is 0 Å². The van der Waals surface area contributed by atoms with E-state index in [1.807, 2.05) is 13.0 Å². The van der Waals surface area contributed by atoms with E-state index in [2.05, 4.69) is 0 Å². The summed E-state index contributed by atoms with van der Waals surface area (Å²) in [5.74, 6) is -1.43. The monoisotopic (exact) mass is 256 g/mol. The zero-order chi connectivity index (χ0) is 14.1. The molecule has 1 N–H and O–H groups in total. The summed E-state index contributed by atoms with van der Waals surface area (Å²) in [5.41, 5.74) is 0.949. The summed E-state index contributed by atoms with van der Waals surface area (Å²) in [6, 6.07) is 0. The van der Waals surface area contributed by atoms with Gasteiger partial charge in [0, 0.05) is 19.8 Å². The van der Waals surface area contributed by atoms with Gasteiger partial charge in [-0.2, -0.15) is 0 Å². The fourth-order valence-electron chi connectivity index (χ4n) is 1.38. The van der Waals surface area contributed by atoms with E-state index in [9.17, 15) is 14.4 Å². The molecular weight excluding hydrogens is 236 g/mol. The number of aliphatic carboxylic acids is 1. The lowest BCUT2D eigenvalue weighted by molar-refractivity contribution is -0.151. The molecule has 5 nitrogen and oxygen atoms in total. The predicted molar refractivity (Wildman–Crippen MR) is 66.1 cm³/mol. The number of ether oxygens (including phenoxy) is 1. The van der Waals surface area contributed by atoms with Crippen molar-refractivity contribution >= 4 is 17.7 Å². The predicted octanol–water partition coefficient (Wildman–Crippen LogP) is 2.10. The number of hydrogen-bond acceptors (Lipinski definition) is 4. The summed E-state index contributed by atoms with van der Waals surface area (Å²) < 4.78 is 4.76. The fourth-order valence-corrected chi connectivity index (χ4v) is 1.38. The van der Waals surface area contributed by atoms with Gasteiger partial charge in [-0.1, -0.05) is 11.6 Å². The van der Waals surface area contributed by atoms with Crippen molar-refractivity contribution in [1.82, 2.24) is 0 Å². The maximum Gasteiger partial charge on any atom is 0.303 e. The summed E-state index contributed by atoms with van der Waals surface area (Å²) in [6.45, 7) is 4.65. The van der Waals surface area contributed by atoms with Crippen molar-refractivity contribution in [3.63, 3.8) is 0 Å². The molecule has 0 aromatic heterocycles. The number of allylic oxidation sites excluding steroid dienone is 2. The minimum atomic E-state index is -0.831. The highest BCUT2D eigenvalue weighted by atomic mass is 16.5. The fraction of sp³-hybridized carbons (Fsp3) is 0.615. The van der Waals surface area contributed by atoms with E-state index in [1.54, 1.807) is 6.92 Å². The molecule has 0 saturated carbocycles. The Morgan fingerprint density at radius 2 is 1.78 bits per heavy atom. The van der Waals surface area contributed by atoms with Gasteiger partial charge in [0.15, 0.2) is 11.9 Å². The lowest BCUT2D eigenvalue weighted by atomic mass is 10.1. The zero-order valence-electron chi connectivity index (χ0n) is 11.1. The number of hydrogen-bond donors (Lipinski definition) is 1. The van der Waals surface area contributed by atoms with Crippen molar-refractivity contribution in [2.24, 2.45) is 0 Å². The van der Waals surface area contributed by atoms with Crippen molar-refractivity contribution in [2.75, 3.05) is 0 Å². The smallest absolute Gasteiger partial charge is 0.303 e. The normalized spacial score (nSPS) is 12.9. The maximum absolute atomic E-state index is 11.5. The van der Waals surface area contributed by atoms with Crippen LogP contribution in [0.1, 0.15) is 46.5 Å². The van der Waals surface area contributed by atoms with Crippen molar-refractivity contribution < 1.29 is 24.2 Å². The molecule has 0 heterocycles. The topological polar surface area (TPSA) is 80.7 Å². The van der Waals surface area contributed by atoms with Gasteiger partial charge in [-0.25, -0.2) is 0 Å². The highest BCUT2D eigenvalue weighted by Gasteiger charge is 2.14. The van der Waals surface area contributed by atoms with E-state index in [1.165, 1.54) is 6.92 Å². The van der Waals surface area contributed by atoms with Crippen LogP contribution in [-0.2, 0) is 19.1 Å². The number of Topliss-reactive ketones (excluding diaryl/α,β-unsaturated/α-hetero) is 1. The van der Waals surface area contributed by atoms with Crippen molar-refractivity contribution in [3.05, 3.63) is 11.6 Å². The van der Waals surface area contributed by atoms with Crippen LogP contribution in [-0.4, -0.2) is 28.9 Å². The third-order valence-corrected chi connectivity index (χ3v) is 2.41. The molecule has 1 unspecified atom stereocenters. The highest BCUT2D eigenvalue weighted by molar-refractivity contribution is 5.84. The first kappa shape index (κ1) is 16.4. The number of carbonyl (C=O) groups is 3. The SMILES string of the molecule is CC(=O)OC(C)C(=O)CC/C=C(\C)CCC(=O)O. The van der Waals surface area contributed by atoms with Gasteiger partial charge in [-0.15, -0.1) is 0 Å². The van der Waals surface area contributed by atoms with Crippen LogP contribution in [0.4, 0.5) is 0 Å². The second kappa shape index (κ2) is 8.44. The van der Waals surface area contributed by atoms with Crippen LogP contribution in [0.3, 0.4) is 0 Å². The van der Waals surface area contributed by atoms with Crippen molar-refractivity contribution in [2.45, 2.75) is 52.6 Å². The highest BCUT2D eigenvalue weighted by Crippen LogP contribution is 2.08. The van der Waals surface area contributed by atoms with Gasteiger partial charge in [0.05, 0.1) is 0 Å². The summed E-state index contributed by atoms with van der Waals surface area (Å²) in [7, 11) is 0. The number of rotatable bonds is 8. The number of esters is 1. The third kappa shape index (κ3) is 8.50. The van der Waals surface area contributed by atoms with Crippen LogP contribution >= 0.6 is 0 Å². The number of carboxylic acid groups (broad SMARTS) is 1. The Kier molecular flexibility index (Phi) is 7.67. The quantitative estimate of drug-likeness (QED) is 0.531. The minimum Gasteiger partial charge on any atom is -0.481 e. The number of carbonyl (C=O) groups excluding carboxylic acids is 2. The first-order chi connectivity index (χ1) is 8.32. The van der Waals surface area contributed by atoms with Gasteiger partial charge in [0.25, 0.3) is 0 Å². The van der Waals surface area contributed by atoms with Crippen LogP contribution in [0.25, 0.3) is 0 Å². The summed E-state index contributed by atoms with van der Waals surface area (Å²) in [4.78, 5) is 32.5. The van der Waals surface area contributed by atoms with Gasteiger partial charge in [-0.3, -0.25) is 14.4 Å². The second-order valence-corrected chi connectivity index (χ2v) is 4.20. The average Bonchev–Trinajstić information content (AvgIpc) is 2.25.